The summed E-state index contributed by atoms with van der Waals surface area (Å²) < 4.78 is 1.75. The molecular weight excluding hydrogens is 256 g/mol. The third-order valence-electron chi connectivity index (χ3n) is 3.51. The number of carbonyl (C=O) groups is 2. The Morgan fingerprint density at radius 2 is 2.20 bits per heavy atom. The molecule has 2 rings (SSSR count). The van der Waals surface area contributed by atoms with Crippen LogP contribution in [-0.2, 0) is 11.3 Å². The SMILES string of the molecule is CCn1nc(C(C)C)cc1C(=O)N1CCNC(=O)CC1. The molecule has 110 valence electrons. The predicted molar refractivity (Wildman–Crippen MR) is 75.5 cm³/mol. The molecular formula is C14H22N4O2. The van der Waals surface area contributed by atoms with Gasteiger partial charge in [0, 0.05) is 32.6 Å². The first-order valence-electron chi connectivity index (χ1n) is 7.16. The van der Waals surface area contributed by atoms with Crippen LogP contribution >= 0.6 is 0 Å². The molecule has 0 aliphatic carbocycles. The van der Waals surface area contributed by atoms with Crippen LogP contribution in [-0.4, -0.2) is 46.1 Å². The predicted octanol–water partition coefficient (Wildman–Crippen LogP) is 0.988. The fourth-order valence-corrected chi connectivity index (χ4v) is 2.26. The largest absolute Gasteiger partial charge is 0.354 e. The maximum absolute atomic E-state index is 12.6. The molecule has 1 aromatic heterocycles. The Balaban J connectivity index is 2.21. The molecule has 0 spiro atoms. The van der Waals surface area contributed by atoms with Gasteiger partial charge in [0.25, 0.3) is 5.91 Å². The molecule has 0 radical (unpaired) electrons. The fourth-order valence-electron chi connectivity index (χ4n) is 2.26. The molecule has 1 fully saturated rings. The summed E-state index contributed by atoms with van der Waals surface area (Å²) in [5, 5.41) is 7.25. The summed E-state index contributed by atoms with van der Waals surface area (Å²) in [6.45, 7) is 8.30. The van der Waals surface area contributed by atoms with Crippen molar-refractivity contribution in [3.63, 3.8) is 0 Å². The maximum atomic E-state index is 12.6. The lowest BCUT2D eigenvalue weighted by Gasteiger charge is -2.19. The van der Waals surface area contributed by atoms with Gasteiger partial charge in [-0.1, -0.05) is 13.8 Å². The van der Waals surface area contributed by atoms with Gasteiger partial charge in [-0.2, -0.15) is 5.10 Å². The van der Waals surface area contributed by atoms with Gasteiger partial charge in [0.05, 0.1) is 5.69 Å². The molecule has 2 heterocycles. The minimum atomic E-state index is -0.0391. The lowest BCUT2D eigenvalue weighted by molar-refractivity contribution is -0.120. The van der Waals surface area contributed by atoms with Crippen molar-refractivity contribution < 1.29 is 9.59 Å². The minimum Gasteiger partial charge on any atom is -0.354 e. The van der Waals surface area contributed by atoms with Gasteiger partial charge in [-0.25, -0.2) is 0 Å². The first-order valence-corrected chi connectivity index (χ1v) is 7.16. The van der Waals surface area contributed by atoms with Gasteiger partial charge < -0.3 is 10.2 Å². The van der Waals surface area contributed by atoms with E-state index in [4.69, 9.17) is 0 Å². The highest BCUT2D eigenvalue weighted by atomic mass is 16.2. The third-order valence-corrected chi connectivity index (χ3v) is 3.51. The minimum absolute atomic E-state index is 0.00664. The summed E-state index contributed by atoms with van der Waals surface area (Å²) >= 11 is 0. The van der Waals surface area contributed by atoms with Gasteiger partial charge in [0.1, 0.15) is 5.69 Å². The number of carbonyl (C=O) groups excluding carboxylic acids is 2. The standard InChI is InChI=1S/C14H22N4O2/c1-4-18-12(9-11(16-18)10(2)3)14(20)17-7-5-13(19)15-6-8-17/h9-10H,4-8H2,1-3H3,(H,15,19). The van der Waals surface area contributed by atoms with Crippen molar-refractivity contribution in [2.75, 3.05) is 19.6 Å². The van der Waals surface area contributed by atoms with Gasteiger partial charge in [-0.15, -0.1) is 0 Å². The molecule has 2 amide bonds. The van der Waals surface area contributed by atoms with Crippen LogP contribution < -0.4 is 5.32 Å². The van der Waals surface area contributed by atoms with Crippen LogP contribution in [0.15, 0.2) is 6.07 Å². The van der Waals surface area contributed by atoms with Crippen LogP contribution in [0.5, 0.6) is 0 Å². The Labute approximate surface area is 119 Å². The Hall–Kier alpha value is -1.85. The van der Waals surface area contributed by atoms with Crippen molar-refractivity contribution in [2.24, 2.45) is 0 Å². The number of amides is 2. The summed E-state index contributed by atoms with van der Waals surface area (Å²) in [4.78, 5) is 25.7. The van der Waals surface area contributed by atoms with E-state index in [-0.39, 0.29) is 11.8 Å². The van der Waals surface area contributed by atoms with E-state index in [0.29, 0.717) is 44.2 Å². The van der Waals surface area contributed by atoms with Crippen molar-refractivity contribution in [1.82, 2.24) is 20.0 Å². The topological polar surface area (TPSA) is 67.2 Å². The molecule has 0 aromatic carbocycles. The second-order valence-corrected chi connectivity index (χ2v) is 5.32. The zero-order chi connectivity index (χ0) is 14.7. The molecule has 6 heteroatoms. The first-order chi connectivity index (χ1) is 9.52. The number of aromatic nitrogens is 2. The zero-order valence-corrected chi connectivity index (χ0v) is 12.3. The summed E-state index contributed by atoms with van der Waals surface area (Å²) in [6, 6.07) is 1.87. The number of hydrogen-bond donors (Lipinski definition) is 1. The zero-order valence-electron chi connectivity index (χ0n) is 12.3. The number of rotatable bonds is 3. The van der Waals surface area contributed by atoms with Crippen molar-refractivity contribution in [2.45, 2.75) is 39.7 Å². The number of hydrogen-bond acceptors (Lipinski definition) is 3. The number of nitrogens with one attached hydrogen (secondary N) is 1. The quantitative estimate of drug-likeness (QED) is 0.896. The van der Waals surface area contributed by atoms with E-state index in [1.807, 2.05) is 13.0 Å². The van der Waals surface area contributed by atoms with Gasteiger partial charge in [-0.3, -0.25) is 14.3 Å². The van der Waals surface area contributed by atoms with E-state index in [1.54, 1.807) is 9.58 Å². The monoisotopic (exact) mass is 278 g/mol. The molecule has 0 saturated carbocycles. The second kappa shape index (κ2) is 6.07. The Kier molecular flexibility index (Phi) is 4.42. The first kappa shape index (κ1) is 14.6. The highest BCUT2D eigenvalue weighted by molar-refractivity contribution is 5.93. The van der Waals surface area contributed by atoms with Gasteiger partial charge in [0.2, 0.25) is 5.91 Å². The summed E-state index contributed by atoms with van der Waals surface area (Å²) in [7, 11) is 0. The average Bonchev–Trinajstić information content (AvgIpc) is 2.74. The van der Waals surface area contributed by atoms with E-state index in [2.05, 4.69) is 24.3 Å². The highest BCUT2D eigenvalue weighted by Crippen LogP contribution is 2.16. The highest BCUT2D eigenvalue weighted by Gasteiger charge is 2.23. The molecule has 0 unspecified atom stereocenters. The summed E-state index contributed by atoms with van der Waals surface area (Å²) in [5.74, 6) is 0.261. The van der Waals surface area contributed by atoms with Crippen LogP contribution in [0.2, 0.25) is 0 Å². The maximum Gasteiger partial charge on any atom is 0.272 e. The van der Waals surface area contributed by atoms with Crippen LogP contribution in [0.25, 0.3) is 0 Å². The molecule has 1 N–H and O–H groups in total. The number of nitrogens with zero attached hydrogens (tertiary/aromatic N) is 3. The van der Waals surface area contributed by atoms with Crippen molar-refractivity contribution in [1.29, 1.82) is 0 Å². The van der Waals surface area contributed by atoms with Gasteiger partial charge >= 0.3 is 0 Å². The molecule has 1 aliphatic heterocycles. The van der Waals surface area contributed by atoms with E-state index < -0.39 is 0 Å². The smallest absolute Gasteiger partial charge is 0.272 e. The molecule has 1 aliphatic rings. The molecule has 0 atom stereocenters. The van der Waals surface area contributed by atoms with Crippen molar-refractivity contribution >= 4 is 11.8 Å². The Bertz CT molecular complexity index is 507. The Morgan fingerprint density at radius 3 is 2.85 bits per heavy atom. The van der Waals surface area contributed by atoms with Gasteiger partial charge in [0.15, 0.2) is 0 Å². The number of aryl methyl sites for hydroxylation is 1. The van der Waals surface area contributed by atoms with Crippen molar-refractivity contribution in [3.05, 3.63) is 17.5 Å². The fraction of sp³-hybridized carbons (Fsp3) is 0.643. The van der Waals surface area contributed by atoms with E-state index >= 15 is 0 Å². The molecule has 1 saturated heterocycles. The van der Waals surface area contributed by atoms with Crippen LogP contribution in [0.3, 0.4) is 0 Å². The third kappa shape index (κ3) is 3.00. The van der Waals surface area contributed by atoms with E-state index in [0.717, 1.165) is 5.69 Å². The van der Waals surface area contributed by atoms with Crippen LogP contribution in [0, 0.1) is 0 Å². The summed E-state index contributed by atoms with van der Waals surface area (Å²) in [5.41, 5.74) is 1.55. The average molecular weight is 278 g/mol. The molecule has 6 nitrogen and oxygen atoms in total. The Morgan fingerprint density at radius 1 is 1.45 bits per heavy atom. The lowest BCUT2D eigenvalue weighted by atomic mass is 10.1. The van der Waals surface area contributed by atoms with E-state index in [1.165, 1.54) is 0 Å². The second-order valence-electron chi connectivity index (χ2n) is 5.32. The normalized spacial score (nSPS) is 16.2. The van der Waals surface area contributed by atoms with E-state index in [9.17, 15) is 9.59 Å². The van der Waals surface area contributed by atoms with Crippen LogP contribution in [0.4, 0.5) is 0 Å². The van der Waals surface area contributed by atoms with Gasteiger partial charge in [-0.05, 0) is 18.9 Å². The summed E-state index contributed by atoms with van der Waals surface area (Å²) in [6.07, 6.45) is 0.364. The lowest BCUT2D eigenvalue weighted by Crippen LogP contribution is -2.35. The molecule has 1 aromatic rings. The van der Waals surface area contributed by atoms with Crippen molar-refractivity contribution in [3.8, 4) is 0 Å². The van der Waals surface area contributed by atoms with Crippen LogP contribution in [0.1, 0.15) is 49.3 Å². The molecule has 20 heavy (non-hydrogen) atoms. The molecule has 0 bridgehead atoms.